The van der Waals surface area contributed by atoms with Gasteiger partial charge in [-0.1, -0.05) is 30.3 Å². The second-order valence-corrected chi connectivity index (χ2v) is 3.33. The van der Waals surface area contributed by atoms with Crippen molar-refractivity contribution < 1.29 is 4.79 Å². The van der Waals surface area contributed by atoms with E-state index >= 15 is 0 Å². The van der Waals surface area contributed by atoms with Gasteiger partial charge >= 0.3 is 0 Å². The summed E-state index contributed by atoms with van der Waals surface area (Å²) >= 11 is 0. The number of rotatable bonds is 4. The molecule has 3 heteroatoms. The summed E-state index contributed by atoms with van der Waals surface area (Å²) < 4.78 is 0. The maximum Gasteiger partial charge on any atom is 0.221 e. The number of hydrogen-bond donors (Lipinski definition) is 2. The number of amides is 1. The Kier molecular flexibility index (Phi) is 4.13. The molecule has 0 radical (unpaired) electrons. The molecule has 0 bridgehead atoms. The maximum atomic E-state index is 11.0. The minimum Gasteiger partial charge on any atom is -0.359 e. The van der Waals surface area contributed by atoms with Crippen LogP contribution in [0.4, 0.5) is 0 Å². The van der Waals surface area contributed by atoms with Crippen molar-refractivity contribution >= 4 is 5.91 Å². The second-order valence-electron chi connectivity index (χ2n) is 3.33. The van der Waals surface area contributed by atoms with E-state index in [0.717, 1.165) is 6.42 Å². The average Bonchev–Trinajstić information content (AvgIpc) is 2.19. The molecule has 0 aliphatic heterocycles. The molecule has 1 rings (SSSR count). The van der Waals surface area contributed by atoms with Gasteiger partial charge in [-0.2, -0.15) is 0 Å². The zero-order valence-electron chi connectivity index (χ0n) is 8.36. The second kappa shape index (κ2) is 5.40. The number of nitrogens with two attached hydrogens (primary N) is 1. The fourth-order valence-corrected chi connectivity index (χ4v) is 1.33. The zero-order valence-corrected chi connectivity index (χ0v) is 8.36. The minimum atomic E-state index is -0.0997. The molecule has 1 aromatic rings. The molecule has 3 N–H and O–H groups in total. The van der Waals surface area contributed by atoms with E-state index in [-0.39, 0.29) is 11.9 Å². The van der Waals surface area contributed by atoms with E-state index in [1.54, 1.807) is 7.05 Å². The lowest BCUT2D eigenvalue weighted by atomic mass is 10.0. The first-order valence-electron chi connectivity index (χ1n) is 4.72. The first-order valence-corrected chi connectivity index (χ1v) is 4.72. The van der Waals surface area contributed by atoms with Crippen LogP contribution in [0.5, 0.6) is 0 Å². The van der Waals surface area contributed by atoms with Gasteiger partial charge in [0.05, 0.1) is 0 Å². The van der Waals surface area contributed by atoms with Gasteiger partial charge in [0.1, 0.15) is 0 Å². The highest BCUT2D eigenvalue weighted by molar-refractivity contribution is 5.76. The summed E-state index contributed by atoms with van der Waals surface area (Å²) in [6.45, 7) is 0. The molecule has 0 saturated carbocycles. The Balaban J connectivity index is 2.41. The van der Waals surface area contributed by atoms with Crippen molar-refractivity contribution in [3.05, 3.63) is 35.9 Å². The van der Waals surface area contributed by atoms with Gasteiger partial charge in [0.15, 0.2) is 0 Å². The molecule has 3 nitrogen and oxygen atoms in total. The molecule has 0 aliphatic carbocycles. The first-order chi connectivity index (χ1) is 6.72. The largest absolute Gasteiger partial charge is 0.359 e. The molecule has 1 aromatic carbocycles. The number of benzene rings is 1. The third-order valence-corrected chi connectivity index (χ3v) is 2.07. The van der Waals surface area contributed by atoms with Gasteiger partial charge in [-0.15, -0.1) is 0 Å². The lowest BCUT2D eigenvalue weighted by molar-refractivity contribution is -0.120. The summed E-state index contributed by atoms with van der Waals surface area (Å²) in [4.78, 5) is 11.0. The van der Waals surface area contributed by atoms with Gasteiger partial charge in [0.2, 0.25) is 5.91 Å². The Hall–Kier alpha value is -1.35. The maximum absolute atomic E-state index is 11.0. The highest BCUT2D eigenvalue weighted by atomic mass is 16.1. The minimum absolute atomic E-state index is 0.00608. The van der Waals surface area contributed by atoms with Gasteiger partial charge in [0, 0.05) is 19.5 Å². The van der Waals surface area contributed by atoms with Crippen LogP contribution in [0.3, 0.4) is 0 Å². The Morgan fingerprint density at radius 1 is 1.43 bits per heavy atom. The topological polar surface area (TPSA) is 55.1 Å². The van der Waals surface area contributed by atoms with Crippen molar-refractivity contribution in [2.24, 2.45) is 5.73 Å². The third-order valence-electron chi connectivity index (χ3n) is 2.07. The van der Waals surface area contributed by atoms with Gasteiger partial charge in [-0.3, -0.25) is 4.79 Å². The smallest absolute Gasteiger partial charge is 0.221 e. The van der Waals surface area contributed by atoms with Crippen LogP contribution >= 0.6 is 0 Å². The molecular formula is C11H16N2O. The van der Waals surface area contributed by atoms with Gasteiger partial charge in [-0.25, -0.2) is 0 Å². The average molecular weight is 192 g/mol. The summed E-state index contributed by atoms with van der Waals surface area (Å²) in [5.41, 5.74) is 6.99. The van der Waals surface area contributed by atoms with Crippen LogP contribution in [-0.2, 0) is 11.2 Å². The third kappa shape index (κ3) is 3.58. The van der Waals surface area contributed by atoms with Crippen LogP contribution in [0.1, 0.15) is 12.0 Å². The van der Waals surface area contributed by atoms with E-state index in [4.69, 9.17) is 5.73 Å². The Morgan fingerprint density at radius 2 is 2.07 bits per heavy atom. The van der Waals surface area contributed by atoms with Crippen LogP contribution in [0.25, 0.3) is 0 Å². The zero-order chi connectivity index (χ0) is 10.4. The summed E-state index contributed by atoms with van der Waals surface area (Å²) in [6.07, 6.45) is 1.12. The first kappa shape index (κ1) is 10.7. The molecule has 14 heavy (non-hydrogen) atoms. The molecule has 1 amide bonds. The van der Waals surface area contributed by atoms with Gasteiger partial charge in [-0.05, 0) is 12.0 Å². The monoisotopic (exact) mass is 192 g/mol. The number of carbonyl (C=O) groups is 1. The van der Waals surface area contributed by atoms with Gasteiger partial charge < -0.3 is 11.1 Å². The summed E-state index contributed by atoms with van der Waals surface area (Å²) in [5.74, 6) is -0.00608. The van der Waals surface area contributed by atoms with E-state index in [0.29, 0.717) is 6.42 Å². The molecule has 0 spiro atoms. The van der Waals surface area contributed by atoms with E-state index in [1.165, 1.54) is 5.56 Å². The van der Waals surface area contributed by atoms with Crippen LogP contribution in [0.15, 0.2) is 30.3 Å². The molecule has 0 saturated heterocycles. The van der Waals surface area contributed by atoms with E-state index in [2.05, 4.69) is 5.32 Å². The molecule has 0 fully saturated rings. The van der Waals surface area contributed by atoms with Crippen LogP contribution in [-0.4, -0.2) is 19.0 Å². The Bertz CT molecular complexity index is 285. The normalized spacial score (nSPS) is 12.1. The number of carbonyl (C=O) groups excluding carboxylic acids is 1. The fraction of sp³-hybridized carbons (Fsp3) is 0.364. The molecule has 0 unspecified atom stereocenters. The molecule has 76 valence electrons. The van der Waals surface area contributed by atoms with Crippen LogP contribution in [0.2, 0.25) is 0 Å². The van der Waals surface area contributed by atoms with Crippen molar-refractivity contribution in [1.29, 1.82) is 0 Å². The fourth-order valence-electron chi connectivity index (χ4n) is 1.33. The predicted molar refractivity (Wildman–Crippen MR) is 56.8 cm³/mol. The summed E-state index contributed by atoms with van der Waals surface area (Å²) in [6, 6.07) is 9.85. The van der Waals surface area contributed by atoms with Crippen LogP contribution in [0, 0.1) is 0 Å². The van der Waals surface area contributed by atoms with Crippen LogP contribution < -0.4 is 11.1 Å². The van der Waals surface area contributed by atoms with Crippen molar-refractivity contribution in [3.63, 3.8) is 0 Å². The standard InChI is InChI=1S/C11H16N2O/c1-13-11(14)8-10(12)7-9-5-3-2-4-6-9/h2-6,10H,7-8,12H2,1H3,(H,13,14)/t10-/m0/s1. The van der Waals surface area contributed by atoms with Crippen molar-refractivity contribution in [1.82, 2.24) is 5.32 Å². The van der Waals surface area contributed by atoms with Crippen molar-refractivity contribution in [2.45, 2.75) is 18.9 Å². The highest BCUT2D eigenvalue weighted by Crippen LogP contribution is 2.03. The molecule has 0 aliphatic rings. The molecule has 1 atom stereocenters. The highest BCUT2D eigenvalue weighted by Gasteiger charge is 2.08. The molecule has 0 aromatic heterocycles. The number of nitrogens with one attached hydrogen (secondary N) is 1. The summed E-state index contributed by atoms with van der Waals surface area (Å²) in [5, 5.41) is 2.56. The SMILES string of the molecule is CNC(=O)C[C@@H](N)Cc1ccccc1. The molecular weight excluding hydrogens is 176 g/mol. The lowest BCUT2D eigenvalue weighted by Crippen LogP contribution is -2.31. The van der Waals surface area contributed by atoms with Crippen molar-refractivity contribution in [3.8, 4) is 0 Å². The Morgan fingerprint density at radius 3 is 2.64 bits per heavy atom. The quantitative estimate of drug-likeness (QED) is 0.737. The summed E-state index contributed by atoms with van der Waals surface area (Å²) in [7, 11) is 1.62. The predicted octanol–water partition coefficient (Wildman–Crippen LogP) is 0.693. The van der Waals surface area contributed by atoms with Crippen molar-refractivity contribution in [2.75, 3.05) is 7.05 Å². The Labute approximate surface area is 84.3 Å². The van der Waals surface area contributed by atoms with Gasteiger partial charge in [0.25, 0.3) is 0 Å². The lowest BCUT2D eigenvalue weighted by Gasteiger charge is -2.10. The van der Waals surface area contributed by atoms with E-state index in [1.807, 2.05) is 30.3 Å². The number of hydrogen-bond acceptors (Lipinski definition) is 2. The van der Waals surface area contributed by atoms with E-state index < -0.39 is 0 Å². The molecule has 0 heterocycles. The van der Waals surface area contributed by atoms with E-state index in [9.17, 15) is 4.79 Å².